The van der Waals surface area contributed by atoms with Gasteiger partial charge in [-0.05, 0) is 19.4 Å². The van der Waals surface area contributed by atoms with Crippen LogP contribution in [0.1, 0.15) is 29.0 Å². The molecule has 94 valence electrons. The third-order valence-electron chi connectivity index (χ3n) is 2.87. The van der Waals surface area contributed by atoms with E-state index in [1.165, 1.54) is 4.90 Å². The number of nitrogens with zero attached hydrogens (tertiary/aromatic N) is 3. The van der Waals surface area contributed by atoms with Crippen molar-refractivity contribution in [3.63, 3.8) is 0 Å². The number of rotatable bonds is 1. The fraction of sp³-hybridized carbons (Fsp3) is 0.636. The Hall–Kier alpha value is -1.07. The van der Waals surface area contributed by atoms with Crippen molar-refractivity contribution in [2.75, 3.05) is 20.6 Å². The standard InChI is InChI=1S/C11H17ClN4O/c1-15(2)11(17)10-9(12)8-7-13-5-3-4-6-16(8)14-10/h13H,3-7H2,1-2H3. The topological polar surface area (TPSA) is 50.2 Å². The molecule has 2 heterocycles. The van der Waals surface area contributed by atoms with Crippen molar-refractivity contribution in [3.8, 4) is 0 Å². The van der Waals surface area contributed by atoms with E-state index in [0.29, 0.717) is 17.3 Å². The molecule has 1 amide bonds. The molecule has 0 spiro atoms. The van der Waals surface area contributed by atoms with Gasteiger partial charge in [-0.3, -0.25) is 9.48 Å². The summed E-state index contributed by atoms with van der Waals surface area (Å²) in [7, 11) is 3.40. The lowest BCUT2D eigenvalue weighted by molar-refractivity contribution is 0.0821. The van der Waals surface area contributed by atoms with E-state index in [-0.39, 0.29) is 5.91 Å². The zero-order valence-electron chi connectivity index (χ0n) is 10.2. The zero-order chi connectivity index (χ0) is 12.4. The minimum absolute atomic E-state index is 0.144. The smallest absolute Gasteiger partial charge is 0.275 e. The molecule has 0 aromatic carbocycles. The average Bonchev–Trinajstić information content (AvgIpc) is 2.54. The van der Waals surface area contributed by atoms with Gasteiger partial charge in [0.25, 0.3) is 5.91 Å². The summed E-state index contributed by atoms with van der Waals surface area (Å²) in [5.74, 6) is -0.144. The molecule has 1 N–H and O–H groups in total. The van der Waals surface area contributed by atoms with Crippen LogP contribution in [-0.4, -0.2) is 41.2 Å². The number of carbonyl (C=O) groups excluding carboxylic acids is 1. The first kappa shape index (κ1) is 12.4. The van der Waals surface area contributed by atoms with Gasteiger partial charge in [0.05, 0.1) is 10.7 Å². The largest absolute Gasteiger partial charge is 0.343 e. The number of aryl methyl sites for hydroxylation is 1. The molecular formula is C11H17ClN4O. The summed E-state index contributed by atoms with van der Waals surface area (Å²) < 4.78 is 1.85. The van der Waals surface area contributed by atoms with Crippen molar-refractivity contribution in [2.45, 2.75) is 25.9 Å². The minimum atomic E-state index is -0.144. The predicted molar refractivity (Wildman–Crippen MR) is 66.2 cm³/mol. The monoisotopic (exact) mass is 256 g/mol. The highest BCUT2D eigenvalue weighted by Gasteiger charge is 2.23. The summed E-state index contributed by atoms with van der Waals surface area (Å²) in [6, 6.07) is 0. The SMILES string of the molecule is CN(C)C(=O)c1nn2c(c1Cl)CNCCCC2. The molecule has 1 aliphatic rings. The maximum Gasteiger partial charge on any atom is 0.275 e. The van der Waals surface area contributed by atoms with Crippen LogP contribution >= 0.6 is 11.6 Å². The number of halogens is 1. The molecule has 0 saturated heterocycles. The lowest BCUT2D eigenvalue weighted by atomic mass is 10.2. The summed E-state index contributed by atoms with van der Waals surface area (Å²) in [6.45, 7) is 2.49. The normalized spacial score (nSPS) is 15.9. The summed E-state index contributed by atoms with van der Waals surface area (Å²) in [4.78, 5) is 13.4. The number of aromatic nitrogens is 2. The van der Waals surface area contributed by atoms with Gasteiger partial charge in [0.1, 0.15) is 0 Å². The molecule has 0 saturated carbocycles. The number of fused-ring (bicyclic) bond motifs is 1. The van der Waals surface area contributed by atoms with Gasteiger partial charge in [-0.2, -0.15) is 5.10 Å². The van der Waals surface area contributed by atoms with E-state index < -0.39 is 0 Å². The zero-order valence-corrected chi connectivity index (χ0v) is 10.9. The minimum Gasteiger partial charge on any atom is -0.343 e. The molecule has 1 aliphatic heterocycles. The Bertz CT molecular complexity index is 427. The first-order chi connectivity index (χ1) is 8.11. The van der Waals surface area contributed by atoms with E-state index >= 15 is 0 Å². The van der Waals surface area contributed by atoms with Gasteiger partial charge in [-0.1, -0.05) is 11.6 Å². The van der Waals surface area contributed by atoms with Gasteiger partial charge in [0.15, 0.2) is 5.69 Å². The summed E-state index contributed by atoms with van der Waals surface area (Å²) >= 11 is 6.24. The van der Waals surface area contributed by atoms with Crippen molar-refractivity contribution in [3.05, 3.63) is 16.4 Å². The second-order valence-electron chi connectivity index (χ2n) is 4.42. The van der Waals surface area contributed by atoms with Gasteiger partial charge < -0.3 is 10.2 Å². The van der Waals surface area contributed by atoms with Crippen LogP contribution in [0.5, 0.6) is 0 Å². The summed E-state index contributed by atoms with van der Waals surface area (Å²) in [6.07, 6.45) is 2.17. The fourth-order valence-electron chi connectivity index (χ4n) is 1.90. The highest BCUT2D eigenvalue weighted by Crippen LogP contribution is 2.23. The molecule has 0 atom stereocenters. The van der Waals surface area contributed by atoms with Crippen LogP contribution < -0.4 is 5.32 Å². The highest BCUT2D eigenvalue weighted by molar-refractivity contribution is 6.34. The molecule has 5 nitrogen and oxygen atoms in total. The lowest BCUT2D eigenvalue weighted by Crippen LogP contribution is -2.22. The van der Waals surface area contributed by atoms with Gasteiger partial charge >= 0.3 is 0 Å². The molecular weight excluding hydrogens is 240 g/mol. The number of carbonyl (C=O) groups is 1. The van der Waals surface area contributed by atoms with Crippen LogP contribution in [0, 0.1) is 0 Å². The van der Waals surface area contributed by atoms with Crippen LogP contribution in [0.2, 0.25) is 5.02 Å². The maximum atomic E-state index is 11.9. The van der Waals surface area contributed by atoms with Crippen LogP contribution in [0.15, 0.2) is 0 Å². The van der Waals surface area contributed by atoms with Gasteiger partial charge in [0, 0.05) is 27.2 Å². The second-order valence-corrected chi connectivity index (χ2v) is 4.79. The van der Waals surface area contributed by atoms with Gasteiger partial charge in [-0.15, -0.1) is 0 Å². The van der Waals surface area contributed by atoms with Crippen molar-refractivity contribution in [1.82, 2.24) is 20.0 Å². The highest BCUT2D eigenvalue weighted by atomic mass is 35.5. The Labute approximate surface area is 106 Å². The third kappa shape index (κ3) is 2.45. The predicted octanol–water partition coefficient (Wildman–Crippen LogP) is 1.12. The molecule has 0 bridgehead atoms. The lowest BCUT2D eigenvalue weighted by Gasteiger charge is -2.12. The molecule has 17 heavy (non-hydrogen) atoms. The molecule has 0 fully saturated rings. The maximum absolute atomic E-state index is 11.9. The number of amides is 1. The quantitative estimate of drug-likeness (QED) is 0.819. The number of hydrogen-bond donors (Lipinski definition) is 1. The van der Waals surface area contributed by atoms with Crippen molar-refractivity contribution >= 4 is 17.5 Å². The Morgan fingerprint density at radius 3 is 2.94 bits per heavy atom. The van der Waals surface area contributed by atoms with Crippen molar-refractivity contribution in [1.29, 1.82) is 0 Å². The second kappa shape index (κ2) is 5.06. The molecule has 2 rings (SSSR count). The Morgan fingerprint density at radius 1 is 1.47 bits per heavy atom. The van der Waals surface area contributed by atoms with E-state index in [9.17, 15) is 4.79 Å². The first-order valence-electron chi connectivity index (χ1n) is 5.79. The average molecular weight is 257 g/mol. The van der Waals surface area contributed by atoms with Crippen molar-refractivity contribution in [2.24, 2.45) is 0 Å². The van der Waals surface area contributed by atoms with Crippen molar-refractivity contribution < 1.29 is 4.79 Å². The molecule has 6 heteroatoms. The third-order valence-corrected chi connectivity index (χ3v) is 3.27. The van der Waals surface area contributed by atoms with E-state index in [0.717, 1.165) is 31.6 Å². The Morgan fingerprint density at radius 2 is 2.24 bits per heavy atom. The molecule has 0 unspecified atom stereocenters. The van der Waals surface area contributed by atoms with Crippen LogP contribution in [0.4, 0.5) is 0 Å². The van der Waals surface area contributed by atoms with Gasteiger partial charge in [0.2, 0.25) is 0 Å². The molecule has 0 radical (unpaired) electrons. The molecule has 0 aliphatic carbocycles. The Balaban J connectivity index is 2.36. The number of hydrogen-bond acceptors (Lipinski definition) is 3. The van der Waals surface area contributed by atoms with Gasteiger partial charge in [-0.25, -0.2) is 0 Å². The summed E-state index contributed by atoms with van der Waals surface area (Å²) in [5.41, 5.74) is 1.27. The van der Waals surface area contributed by atoms with Crippen LogP contribution in [0.25, 0.3) is 0 Å². The van der Waals surface area contributed by atoms with E-state index in [2.05, 4.69) is 10.4 Å². The fourth-order valence-corrected chi connectivity index (χ4v) is 2.18. The molecule has 1 aromatic heterocycles. The molecule has 1 aromatic rings. The van der Waals surface area contributed by atoms with E-state index in [1.807, 2.05) is 4.68 Å². The van der Waals surface area contributed by atoms with Crippen LogP contribution in [0.3, 0.4) is 0 Å². The van der Waals surface area contributed by atoms with E-state index in [1.54, 1.807) is 14.1 Å². The van der Waals surface area contributed by atoms with Crippen LogP contribution in [-0.2, 0) is 13.1 Å². The number of nitrogens with one attached hydrogen (secondary N) is 1. The Kier molecular flexibility index (Phi) is 3.69. The van der Waals surface area contributed by atoms with E-state index in [4.69, 9.17) is 11.6 Å². The summed E-state index contributed by atoms with van der Waals surface area (Å²) in [5, 5.41) is 8.11. The first-order valence-corrected chi connectivity index (χ1v) is 6.16.